The summed E-state index contributed by atoms with van der Waals surface area (Å²) < 4.78 is 18.1. The molecule has 0 amide bonds. The van der Waals surface area contributed by atoms with Crippen molar-refractivity contribution in [1.82, 2.24) is 14.8 Å². The highest BCUT2D eigenvalue weighted by Crippen LogP contribution is 2.34. The number of aromatic nitrogens is 3. The van der Waals surface area contributed by atoms with Crippen molar-refractivity contribution in [1.29, 1.82) is 0 Å². The Bertz CT molecular complexity index is 1270. The second-order valence-electron chi connectivity index (χ2n) is 7.39. The van der Waals surface area contributed by atoms with Gasteiger partial charge in [0, 0.05) is 11.1 Å². The van der Waals surface area contributed by atoms with Crippen LogP contribution in [0.2, 0.25) is 0 Å². The van der Waals surface area contributed by atoms with E-state index in [0.29, 0.717) is 17.3 Å². The van der Waals surface area contributed by atoms with Gasteiger partial charge >= 0.3 is 0 Å². The average molecular weight is 460 g/mol. The number of benzene rings is 3. The summed E-state index contributed by atoms with van der Waals surface area (Å²) in [6.45, 7) is 0.766. The molecule has 33 heavy (non-hydrogen) atoms. The van der Waals surface area contributed by atoms with Crippen molar-refractivity contribution in [2.45, 2.75) is 11.7 Å². The molecule has 1 aliphatic heterocycles. The van der Waals surface area contributed by atoms with Crippen LogP contribution < -0.4 is 14.2 Å². The zero-order valence-corrected chi connectivity index (χ0v) is 18.7. The van der Waals surface area contributed by atoms with E-state index in [4.69, 9.17) is 14.2 Å². The molecule has 0 bridgehead atoms. The van der Waals surface area contributed by atoms with E-state index in [2.05, 4.69) is 10.2 Å². The largest absolute Gasteiger partial charge is 0.497 e. The lowest BCUT2D eigenvalue weighted by Gasteiger charge is -2.11. The first-order chi connectivity index (χ1) is 16.2. The molecule has 0 radical (unpaired) electrons. The second-order valence-corrected chi connectivity index (χ2v) is 8.33. The van der Waals surface area contributed by atoms with Crippen molar-refractivity contribution in [3.05, 3.63) is 83.9 Å². The minimum absolute atomic E-state index is 0.0153. The molecule has 7 nitrogen and oxygen atoms in total. The molecule has 0 unspecified atom stereocenters. The molecule has 2 heterocycles. The third-order valence-corrected chi connectivity index (χ3v) is 6.24. The maximum absolute atomic E-state index is 12.7. The van der Waals surface area contributed by atoms with E-state index < -0.39 is 0 Å². The Hall–Kier alpha value is -3.78. The van der Waals surface area contributed by atoms with Crippen LogP contribution in [0.3, 0.4) is 0 Å². The van der Waals surface area contributed by atoms with Crippen LogP contribution in [0.4, 0.5) is 0 Å². The van der Waals surface area contributed by atoms with Crippen LogP contribution in [0.15, 0.2) is 78.0 Å². The molecule has 1 aliphatic rings. The minimum Gasteiger partial charge on any atom is -0.497 e. The summed E-state index contributed by atoms with van der Waals surface area (Å²) in [5.74, 6) is 3.20. The fraction of sp³-hybridized carbons (Fsp3) is 0.160. The smallest absolute Gasteiger partial charge is 0.231 e. The van der Waals surface area contributed by atoms with Gasteiger partial charge in [0.1, 0.15) is 5.75 Å². The molecule has 4 aromatic rings. The number of hydrogen-bond donors (Lipinski definition) is 0. The Morgan fingerprint density at radius 3 is 2.58 bits per heavy atom. The van der Waals surface area contributed by atoms with Gasteiger partial charge in [-0.1, -0.05) is 48.2 Å². The van der Waals surface area contributed by atoms with E-state index in [-0.39, 0.29) is 18.3 Å². The number of hydrogen-bond acceptors (Lipinski definition) is 7. The lowest BCUT2D eigenvalue weighted by atomic mass is 10.1. The summed E-state index contributed by atoms with van der Waals surface area (Å²) in [5, 5.41) is 9.51. The number of thioether (sulfide) groups is 1. The molecule has 0 saturated carbocycles. The topological polar surface area (TPSA) is 75.5 Å². The minimum atomic E-state index is 0.0153. The van der Waals surface area contributed by atoms with Gasteiger partial charge in [-0.25, -0.2) is 0 Å². The maximum atomic E-state index is 12.7. The van der Waals surface area contributed by atoms with Crippen molar-refractivity contribution < 1.29 is 19.0 Å². The number of fused-ring (bicyclic) bond motifs is 1. The predicted octanol–water partition coefficient (Wildman–Crippen LogP) is 4.71. The van der Waals surface area contributed by atoms with Gasteiger partial charge in [0.05, 0.1) is 19.4 Å². The molecule has 0 saturated heterocycles. The van der Waals surface area contributed by atoms with Crippen molar-refractivity contribution in [2.24, 2.45) is 0 Å². The first-order valence-corrected chi connectivity index (χ1v) is 11.4. The van der Waals surface area contributed by atoms with Crippen LogP contribution in [-0.4, -0.2) is 40.2 Å². The molecular weight excluding hydrogens is 438 g/mol. The Morgan fingerprint density at radius 1 is 1.00 bits per heavy atom. The van der Waals surface area contributed by atoms with Crippen LogP contribution >= 0.6 is 11.8 Å². The highest BCUT2D eigenvalue weighted by atomic mass is 32.2. The zero-order chi connectivity index (χ0) is 22.6. The number of methoxy groups -OCH3 is 1. The predicted molar refractivity (Wildman–Crippen MR) is 125 cm³/mol. The summed E-state index contributed by atoms with van der Waals surface area (Å²) in [6, 6.07) is 22.9. The Labute approximate surface area is 195 Å². The fourth-order valence-corrected chi connectivity index (χ4v) is 4.38. The van der Waals surface area contributed by atoms with Crippen LogP contribution in [0, 0.1) is 0 Å². The number of ether oxygens (including phenoxy) is 3. The van der Waals surface area contributed by atoms with Gasteiger partial charge in [-0.3, -0.25) is 9.36 Å². The summed E-state index contributed by atoms with van der Waals surface area (Å²) in [7, 11) is 1.60. The van der Waals surface area contributed by atoms with Crippen molar-refractivity contribution in [2.75, 3.05) is 19.7 Å². The van der Waals surface area contributed by atoms with E-state index in [1.54, 1.807) is 31.4 Å². The number of nitrogens with zero attached hydrogens (tertiary/aromatic N) is 3. The standard InChI is InChI=1S/C25H21N3O4S/c1-30-20-10-8-18(9-11-20)21(29)15-33-25-27-26-24(19-5-3-2-4-6-19)28(25)14-17-7-12-22-23(13-17)32-16-31-22/h2-13H,14-16H2,1H3. The van der Waals surface area contributed by atoms with Crippen molar-refractivity contribution in [3.8, 4) is 28.6 Å². The third kappa shape index (κ3) is 4.56. The average Bonchev–Trinajstić information content (AvgIpc) is 3.50. The van der Waals surface area contributed by atoms with E-state index in [1.807, 2.05) is 53.1 Å². The molecule has 0 atom stereocenters. The molecule has 5 rings (SSSR count). The number of ketones is 1. The monoisotopic (exact) mass is 459 g/mol. The number of carbonyl (C=O) groups is 1. The fourth-order valence-electron chi connectivity index (χ4n) is 3.55. The third-order valence-electron chi connectivity index (χ3n) is 5.27. The second kappa shape index (κ2) is 9.38. The first kappa shape index (κ1) is 21.1. The van der Waals surface area contributed by atoms with Crippen molar-refractivity contribution >= 4 is 17.5 Å². The molecule has 8 heteroatoms. The summed E-state index contributed by atoms with van der Waals surface area (Å²) in [4.78, 5) is 12.7. The van der Waals surface area contributed by atoms with E-state index >= 15 is 0 Å². The van der Waals surface area contributed by atoms with Gasteiger partial charge in [-0.05, 0) is 42.0 Å². The lowest BCUT2D eigenvalue weighted by molar-refractivity contribution is 0.102. The summed E-state index contributed by atoms with van der Waals surface area (Å²) >= 11 is 1.37. The highest BCUT2D eigenvalue weighted by molar-refractivity contribution is 7.99. The first-order valence-electron chi connectivity index (χ1n) is 10.4. The SMILES string of the molecule is COc1ccc(C(=O)CSc2nnc(-c3ccccc3)n2Cc2ccc3c(c2)OCO3)cc1. The van der Waals surface area contributed by atoms with Gasteiger partial charge in [0.2, 0.25) is 6.79 Å². The number of carbonyl (C=O) groups excluding carboxylic acids is 1. The van der Waals surface area contributed by atoms with Crippen LogP contribution in [0.5, 0.6) is 17.2 Å². The molecule has 0 aliphatic carbocycles. The Balaban J connectivity index is 1.40. The number of rotatable bonds is 8. The van der Waals surface area contributed by atoms with Gasteiger partial charge in [-0.2, -0.15) is 0 Å². The van der Waals surface area contributed by atoms with E-state index in [9.17, 15) is 4.79 Å². The number of Topliss-reactive ketones (excluding diaryl/α,β-unsaturated/α-hetero) is 1. The summed E-state index contributed by atoms with van der Waals surface area (Å²) in [6.07, 6.45) is 0. The maximum Gasteiger partial charge on any atom is 0.231 e. The van der Waals surface area contributed by atoms with Gasteiger partial charge in [0.15, 0.2) is 28.3 Å². The Morgan fingerprint density at radius 2 is 1.79 bits per heavy atom. The lowest BCUT2D eigenvalue weighted by Crippen LogP contribution is -2.07. The summed E-state index contributed by atoms with van der Waals surface area (Å²) in [5.41, 5.74) is 2.62. The van der Waals surface area contributed by atoms with Crippen LogP contribution in [-0.2, 0) is 6.54 Å². The quantitative estimate of drug-likeness (QED) is 0.279. The van der Waals surface area contributed by atoms with E-state index in [0.717, 1.165) is 34.2 Å². The molecule has 0 N–H and O–H groups in total. The molecular formula is C25H21N3O4S. The molecule has 3 aromatic carbocycles. The van der Waals surface area contributed by atoms with Gasteiger partial charge < -0.3 is 14.2 Å². The van der Waals surface area contributed by atoms with Crippen LogP contribution in [0.1, 0.15) is 15.9 Å². The Kier molecular flexibility index (Phi) is 5.99. The highest BCUT2D eigenvalue weighted by Gasteiger charge is 2.19. The molecule has 0 fully saturated rings. The van der Waals surface area contributed by atoms with Gasteiger partial charge in [-0.15, -0.1) is 10.2 Å². The molecule has 166 valence electrons. The zero-order valence-electron chi connectivity index (χ0n) is 17.9. The molecule has 1 aromatic heterocycles. The van der Waals surface area contributed by atoms with E-state index in [1.165, 1.54) is 11.8 Å². The molecule has 0 spiro atoms. The van der Waals surface area contributed by atoms with Crippen molar-refractivity contribution in [3.63, 3.8) is 0 Å². The van der Waals surface area contributed by atoms with Crippen LogP contribution in [0.25, 0.3) is 11.4 Å². The van der Waals surface area contributed by atoms with Gasteiger partial charge in [0.25, 0.3) is 0 Å². The normalized spacial score (nSPS) is 12.0.